The minimum absolute atomic E-state index is 0.218. The first kappa shape index (κ1) is 21.2. The Hall–Kier alpha value is -4.01. The fourth-order valence-electron chi connectivity index (χ4n) is 3.84. The number of piperidine rings is 1. The molecule has 2 aliphatic heterocycles. The molecule has 1 unspecified atom stereocenters. The SMILES string of the molecule is NN=CC=NCc1ccc(COc2cccc3c2CN(C2CCC(=O)NC2=O)C3=O)cc1. The molecule has 0 aliphatic carbocycles. The van der Waals surface area contributed by atoms with Crippen molar-refractivity contribution >= 4 is 30.2 Å². The van der Waals surface area contributed by atoms with Crippen molar-refractivity contribution < 1.29 is 19.1 Å². The van der Waals surface area contributed by atoms with Gasteiger partial charge in [0.1, 0.15) is 18.4 Å². The fraction of sp³-hybridized carbons (Fsp3) is 0.261. The largest absolute Gasteiger partial charge is 0.489 e. The van der Waals surface area contributed by atoms with Gasteiger partial charge in [0.2, 0.25) is 11.8 Å². The number of rotatable bonds is 7. The molecule has 0 radical (unpaired) electrons. The molecule has 2 aliphatic rings. The van der Waals surface area contributed by atoms with Gasteiger partial charge in [0.15, 0.2) is 0 Å². The topological polar surface area (TPSA) is 126 Å². The van der Waals surface area contributed by atoms with Crippen LogP contribution in [0.5, 0.6) is 5.75 Å². The number of hydrogen-bond acceptors (Lipinski definition) is 7. The molecule has 32 heavy (non-hydrogen) atoms. The summed E-state index contributed by atoms with van der Waals surface area (Å²) in [5.41, 5.74) is 3.31. The third kappa shape index (κ3) is 4.51. The Morgan fingerprint density at radius 1 is 1.09 bits per heavy atom. The number of carbonyl (C=O) groups is 3. The summed E-state index contributed by atoms with van der Waals surface area (Å²) in [6.45, 7) is 1.14. The molecular formula is C23H23N5O4. The highest BCUT2D eigenvalue weighted by Gasteiger charge is 2.40. The average molecular weight is 433 g/mol. The van der Waals surface area contributed by atoms with Gasteiger partial charge in [-0.1, -0.05) is 30.3 Å². The van der Waals surface area contributed by atoms with E-state index in [1.165, 1.54) is 11.1 Å². The Morgan fingerprint density at radius 2 is 1.88 bits per heavy atom. The molecule has 0 aromatic heterocycles. The second-order valence-electron chi connectivity index (χ2n) is 7.58. The van der Waals surface area contributed by atoms with Gasteiger partial charge in [-0.25, -0.2) is 0 Å². The number of carbonyl (C=O) groups excluding carboxylic acids is 3. The molecule has 2 aromatic rings. The van der Waals surface area contributed by atoms with E-state index in [-0.39, 0.29) is 24.8 Å². The lowest BCUT2D eigenvalue weighted by molar-refractivity contribution is -0.136. The van der Waals surface area contributed by atoms with Crippen molar-refractivity contribution in [2.45, 2.75) is 38.6 Å². The third-order valence-corrected chi connectivity index (χ3v) is 5.49. The molecule has 3 N–H and O–H groups in total. The molecule has 0 spiro atoms. The summed E-state index contributed by atoms with van der Waals surface area (Å²) in [6.07, 6.45) is 3.52. The van der Waals surface area contributed by atoms with E-state index in [4.69, 9.17) is 10.6 Å². The lowest BCUT2D eigenvalue weighted by Gasteiger charge is -2.29. The highest BCUT2D eigenvalue weighted by Crippen LogP contribution is 2.33. The van der Waals surface area contributed by atoms with Crippen LogP contribution in [0.25, 0.3) is 0 Å². The Kier molecular flexibility index (Phi) is 6.25. The van der Waals surface area contributed by atoms with Crippen molar-refractivity contribution in [1.29, 1.82) is 0 Å². The van der Waals surface area contributed by atoms with Gasteiger partial charge in [-0.2, -0.15) is 5.10 Å². The van der Waals surface area contributed by atoms with E-state index < -0.39 is 11.9 Å². The van der Waals surface area contributed by atoms with Crippen LogP contribution in [0.4, 0.5) is 0 Å². The smallest absolute Gasteiger partial charge is 0.255 e. The Bertz CT molecular complexity index is 1090. The highest BCUT2D eigenvalue weighted by molar-refractivity contribution is 6.15. The Balaban J connectivity index is 1.42. The number of nitrogens with one attached hydrogen (secondary N) is 1. The van der Waals surface area contributed by atoms with Crippen LogP contribution in [0.3, 0.4) is 0 Å². The van der Waals surface area contributed by atoms with E-state index >= 15 is 0 Å². The number of hydrogen-bond donors (Lipinski definition) is 2. The summed E-state index contributed by atoms with van der Waals surface area (Å²) in [7, 11) is 0. The van der Waals surface area contributed by atoms with Gasteiger partial charge >= 0.3 is 0 Å². The van der Waals surface area contributed by atoms with E-state index in [2.05, 4.69) is 15.4 Å². The van der Waals surface area contributed by atoms with Crippen molar-refractivity contribution in [3.63, 3.8) is 0 Å². The number of benzene rings is 2. The monoisotopic (exact) mass is 433 g/mol. The highest BCUT2D eigenvalue weighted by atomic mass is 16.5. The second kappa shape index (κ2) is 9.42. The summed E-state index contributed by atoms with van der Waals surface area (Å²) >= 11 is 0. The lowest BCUT2D eigenvalue weighted by Crippen LogP contribution is -2.52. The molecule has 0 saturated carbocycles. The number of ether oxygens (including phenoxy) is 1. The van der Waals surface area contributed by atoms with Crippen LogP contribution in [0, 0.1) is 0 Å². The summed E-state index contributed by atoms with van der Waals surface area (Å²) < 4.78 is 6.02. The summed E-state index contributed by atoms with van der Waals surface area (Å²) in [4.78, 5) is 42.3. The third-order valence-electron chi connectivity index (χ3n) is 5.49. The first-order valence-corrected chi connectivity index (χ1v) is 10.3. The van der Waals surface area contributed by atoms with Crippen LogP contribution < -0.4 is 15.9 Å². The zero-order chi connectivity index (χ0) is 22.5. The molecule has 9 nitrogen and oxygen atoms in total. The Morgan fingerprint density at radius 3 is 2.62 bits per heavy atom. The zero-order valence-corrected chi connectivity index (χ0v) is 17.4. The van der Waals surface area contributed by atoms with Gasteiger partial charge in [-0.3, -0.25) is 24.7 Å². The molecule has 2 heterocycles. The number of hydrazone groups is 1. The van der Waals surface area contributed by atoms with Gasteiger partial charge < -0.3 is 15.5 Å². The molecule has 0 bridgehead atoms. The number of nitrogens with two attached hydrogens (primary N) is 1. The van der Waals surface area contributed by atoms with E-state index in [9.17, 15) is 14.4 Å². The maximum absolute atomic E-state index is 12.9. The van der Waals surface area contributed by atoms with E-state index in [1.807, 2.05) is 30.3 Å². The van der Waals surface area contributed by atoms with Gasteiger partial charge in [-0.15, -0.1) is 0 Å². The molecule has 4 rings (SSSR count). The number of aliphatic imine (C=N–C) groups is 1. The van der Waals surface area contributed by atoms with Gasteiger partial charge in [0.25, 0.3) is 5.91 Å². The number of amides is 3. The van der Waals surface area contributed by atoms with Crippen molar-refractivity contribution in [2.75, 3.05) is 0 Å². The van der Waals surface area contributed by atoms with Crippen LogP contribution in [0.2, 0.25) is 0 Å². The van der Waals surface area contributed by atoms with Crippen molar-refractivity contribution in [3.8, 4) is 5.75 Å². The molecular weight excluding hydrogens is 410 g/mol. The number of fused-ring (bicyclic) bond motifs is 1. The second-order valence-corrected chi connectivity index (χ2v) is 7.58. The van der Waals surface area contributed by atoms with E-state index in [0.29, 0.717) is 30.9 Å². The maximum atomic E-state index is 12.9. The van der Waals surface area contributed by atoms with Crippen LogP contribution in [0.15, 0.2) is 52.6 Å². The van der Waals surface area contributed by atoms with Crippen molar-refractivity contribution in [3.05, 3.63) is 64.7 Å². The molecule has 1 fully saturated rings. The molecule has 9 heteroatoms. The number of nitrogens with zero attached hydrogens (tertiary/aromatic N) is 3. The van der Waals surface area contributed by atoms with Gasteiger partial charge in [-0.05, 0) is 29.7 Å². The van der Waals surface area contributed by atoms with Crippen LogP contribution in [0.1, 0.15) is 39.9 Å². The lowest BCUT2D eigenvalue weighted by atomic mass is 10.0. The normalized spacial score (nSPS) is 18.4. The molecule has 1 saturated heterocycles. The first-order valence-electron chi connectivity index (χ1n) is 10.3. The van der Waals surface area contributed by atoms with Crippen LogP contribution in [-0.4, -0.2) is 41.1 Å². The first-order chi connectivity index (χ1) is 15.6. The predicted molar refractivity (Wildman–Crippen MR) is 118 cm³/mol. The van der Waals surface area contributed by atoms with Crippen molar-refractivity contribution in [2.24, 2.45) is 15.9 Å². The number of imide groups is 1. The molecule has 3 amide bonds. The van der Waals surface area contributed by atoms with Crippen LogP contribution >= 0.6 is 0 Å². The predicted octanol–water partition coefficient (Wildman–Crippen LogP) is 1.54. The minimum Gasteiger partial charge on any atom is -0.489 e. The molecule has 2 aromatic carbocycles. The van der Waals surface area contributed by atoms with Gasteiger partial charge in [0.05, 0.1) is 19.3 Å². The fourth-order valence-corrected chi connectivity index (χ4v) is 3.84. The average Bonchev–Trinajstić information content (AvgIpc) is 3.13. The standard InChI is InChI=1S/C23H23N5O4/c24-26-11-10-25-12-15-4-6-16(7-5-15)14-32-20-3-1-2-17-18(20)13-28(23(17)31)19-8-9-21(29)27-22(19)30/h1-7,10-11,19H,8-9,12-14,24H2,(H,27,29,30). The summed E-state index contributed by atoms with van der Waals surface area (Å²) in [6, 6.07) is 12.6. The van der Waals surface area contributed by atoms with Crippen molar-refractivity contribution in [1.82, 2.24) is 10.2 Å². The summed E-state index contributed by atoms with van der Waals surface area (Å²) in [5, 5.41) is 5.67. The summed E-state index contributed by atoms with van der Waals surface area (Å²) in [5.74, 6) is 4.68. The van der Waals surface area contributed by atoms with Gasteiger partial charge in [0, 0.05) is 23.8 Å². The van der Waals surface area contributed by atoms with Crippen LogP contribution in [-0.2, 0) is 29.3 Å². The maximum Gasteiger partial charge on any atom is 0.255 e. The quantitative estimate of drug-likeness (QED) is 0.296. The molecule has 164 valence electrons. The van der Waals surface area contributed by atoms with E-state index in [0.717, 1.165) is 16.7 Å². The van der Waals surface area contributed by atoms with E-state index in [1.54, 1.807) is 18.3 Å². The minimum atomic E-state index is -0.647. The molecule has 1 atom stereocenters. The zero-order valence-electron chi connectivity index (χ0n) is 17.4. The Labute approximate surface area is 184 Å².